The van der Waals surface area contributed by atoms with Gasteiger partial charge in [-0.05, 0) is 51.9 Å². The van der Waals surface area contributed by atoms with E-state index in [1.165, 1.54) is 12.1 Å². The van der Waals surface area contributed by atoms with E-state index in [9.17, 15) is 14.5 Å². The fourth-order valence-corrected chi connectivity index (χ4v) is 3.06. The molecule has 0 aliphatic heterocycles. The van der Waals surface area contributed by atoms with Crippen molar-refractivity contribution < 1.29 is 9.31 Å². The largest absolute Gasteiger partial charge is 0.317 e. The Morgan fingerprint density at radius 2 is 2.05 bits per heavy atom. The van der Waals surface area contributed by atoms with Crippen LogP contribution in [0.4, 0.5) is 10.1 Å². The lowest BCUT2D eigenvalue weighted by Gasteiger charge is -2.34. The first kappa shape index (κ1) is 15.9. The van der Waals surface area contributed by atoms with E-state index in [-0.39, 0.29) is 5.69 Å². The monoisotopic (exact) mass is 295 g/mol. The smallest absolute Gasteiger partial charge is 0.274 e. The van der Waals surface area contributed by atoms with E-state index in [2.05, 4.69) is 10.2 Å². The van der Waals surface area contributed by atoms with Crippen LogP contribution in [0.15, 0.2) is 18.2 Å². The van der Waals surface area contributed by atoms with Crippen LogP contribution in [-0.4, -0.2) is 36.0 Å². The van der Waals surface area contributed by atoms with E-state index in [1.807, 2.05) is 14.1 Å². The molecule has 0 aromatic heterocycles. The molecule has 116 valence electrons. The van der Waals surface area contributed by atoms with E-state index < -0.39 is 10.7 Å². The van der Waals surface area contributed by atoms with E-state index in [1.54, 1.807) is 0 Å². The second-order valence-corrected chi connectivity index (χ2v) is 5.74. The molecule has 0 bridgehead atoms. The van der Waals surface area contributed by atoms with E-state index in [0.717, 1.165) is 31.7 Å². The minimum absolute atomic E-state index is 0.00726. The number of nitro benzene ring substituents is 1. The molecule has 0 unspecified atom stereocenters. The highest BCUT2D eigenvalue weighted by Gasteiger charge is 2.25. The summed E-state index contributed by atoms with van der Waals surface area (Å²) in [5.74, 6) is -0.428. The first-order valence-electron chi connectivity index (χ1n) is 7.31. The summed E-state index contributed by atoms with van der Waals surface area (Å²) >= 11 is 0. The topological polar surface area (TPSA) is 58.4 Å². The molecule has 1 saturated carbocycles. The zero-order valence-electron chi connectivity index (χ0n) is 12.5. The van der Waals surface area contributed by atoms with Crippen molar-refractivity contribution >= 4 is 5.69 Å². The maximum absolute atomic E-state index is 13.4. The molecule has 1 aliphatic rings. The Labute approximate surface area is 124 Å². The van der Waals surface area contributed by atoms with Crippen LogP contribution < -0.4 is 5.32 Å². The van der Waals surface area contributed by atoms with Gasteiger partial charge < -0.3 is 5.32 Å². The predicted molar refractivity (Wildman–Crippen MR) is 79.6 cm³/mol. The lowest BCUT2D eigenvalue weighted by Crippen LogP contribution is -2.39. The van der Waals surface area contributed by atoms with Gasteiger partial charge in [-0.3, -0.25) is 15.0 Å². The van der Waals surface area contributed by atoms with Crippen molar-refractivity contribution in [3.63, 3.8) is 0 Å². The van der Waals surface area contributed by atoms with Crippen LogP contribution in [0, 0.1) is 15.9 Å². The molecule has 1 aromatic carbocycles. The van der Waals surface area contributed by atoms with Gasteiger partial charge in [0.1, 0.15) is 5.82 Å². The van der Waals surface area contributed by atoms with Crippen molar-refractivity contribution in [1.82, 2.24) is 10.2 Å². The maximum Gasteiger partial charge on any atom is 0.274 e. The zero-order valence-corrected chi connectivity index (χ0v) is 12.5. The number of halogens is 1. The molecule has 0 heterocycles. The van der Waals surface area contributed by atoms with E-state index >= 15 is 0 Å². The van der Waals surface area contributed by atoms with Crippen LogP contribution >= 0.6 is 0 Å². The van der Waals surface area contributed by atoms with Crippen LogP contribution in [-0.2, 0) is 6.54 Å². The van der Waals surface area contributed by atoms with Crippen LogP contribution in [0.5, 0.6) is 0 Å². The Morgan fingerprint density at radius 1 is 1.38 bits per heavy atom. The minimum atomic E-state index is -0.444. The third-order valence-electron chi connectivity index (χ3n) is 4.39. The predicted octanol–water partition coefficient (Wildman–Crippen LogP) is 2.70. The van der Waals surface area contributed by atoms with Crippen LogP contribution in [0.3, 0.4) is 0 Å². The second-order valence-electron chi connectivity index (χ2n) is 5.74. The third kappa shape index (κ3) is 3.98. The van der Waals surface area contributed by atoms with Crippen LogP contribution in [0.2, 0.25) is 0 Å². The normalized spacial score (nSPS) is 22.5. The van der Waals surface area contributed by atoms with Gasteiger partial charge >= 0.3 is 0 Å². The van der Waals surface area contributed by atoms with Crippen molar-refractivity contribution in [2.24, 2.45) is 0 Å². The summed E-state index contributed by atoms with van der Waals surface area (Å²) in [6.45, 7) is 0.406. The third-order valence-corrected chi connectivity index (χ3v) is 4.39. The van der Waals surface area contributed by atoms with Gasteiger partial charge in [0.05, 0.1) is 4.92 Å². The molecule has 2 rings (SSSR count). The minimum Gasteiger partial charge on any atom is -0.317 e. The standard InChI is InChI=1S/C15H22FN3O2/c1-17-13-4-6-14(7-5-13)18(2)10-11-9-12(16)3-8-15(11)19(20)21/h3,8-9,13-14,17H,4-7,10H2,1-2H3. The molecule has 5 nitrogen and oxygen atoms in total. The van der Waals surface area contributed by atoms with Gasteiger partial charge in [-0.15, -0.1) is 0 Å². The van der Waals surface area contributed by atoms with Gasteiger partial charge in [-0.1, -0.05) is 0 Å². The highest BCUT2D eigenvalue weighted by molar-refractivity contribution is 5.40. The Kier molecular flexibility index (Phi) is 5.25. The van der Waals surface area contributed by atoms with Crippen molar-refractivity contribution in [3.05, 3.63) is 39.7 Å². The summed E-state index contributed by atoms with van der Waals surface area (Å²) in [5.41, 5.74) is 0.436. The number of nitrogens with zero attached hydrogens (tertiary/aromatic N) is 2. The Balaban J connectivity index is 2.04. The average molecular weight is 295 g/mol. The molecule has 1 fully saturated rings. The van der Waals surface area contributed by atoms with Gasteiger partial charge in [0.2, 0.25) is 0 Å². The molecular formula is C15H22FN3O2. The second kappa shape index (κ2) is 6.95. The number of nitrogens with one attached hydrogen (secondary N) is 1. The molecule has 1 N–H and O–H groups in total. The van der Waals surface area contributed by atoms with Gasteiger partial charge in [-0.25, -0.2) is 4.39 Å². The highest BCUT2D eigenvalue weighted by atomic mass is 19.1. The Morgan fingerprint density at radius 3 is 2.62 bits per heavy atom. The zero-order chi connectivity index (χ0) is 15.4. The quantitative estimate of drug-likeness (QED) is 0.670. The molecule has 0 spiro atoms. The summed E-state index contributed by atoms with van der Waals surface area (Å²) < 4.78 is 13.4. The summed E-state index contributed by atoms with van der Waals surface area (Å²) in [4.78, 5) is 12.7. The van der Waals surface area contributed by atoms with Crippen molar-refractivity contribution in [2.45, 2.75) is 44.3 Å². The number of nitro groups is 1. The van der Waals surface area contributed by atoms with Gasteiger partial charge in [0.25, 0.3) is 5.69 Å². The van der Waals surface area contributed by atoms with Gasteiger partial charge in [0, 0.05) is 30.3 Å². The molecule has 6 heteroatoms. The molecule has 21 heavy (non-hydrogen) atoms. The molecule has 0 atom stereocenters. The molecule has 0 amide bonds. The Hall–Kier alpha value is -1.53. The summed E-state index contributed by atoms with van der Waals surface area (Å²) in [6, 6.07) is 4.62. The molecule has 1 aromatic rings. The molecule has 0 radical (unpaired) electrons. The van der Waals surface area contributed by atoms with Crippen molar-refractivity contribution in [3.8, 4) is 0 Å². The number of hydrogen-bond acceptors (Lipinski definition) is 4. The van der Waals surface area contributed by atoms with E-state index in [0.29, 0.717) is 24.2 Å². The lowest BCUT2D eigenvalue weighted by molar-refractivity contribution is -0.385. The lowest BCUT2D eigenvalue weighted by atomic mass is 9.90. The summed E-state index contributed by atoms with van der Waals surface area (Å²) in [6.07, 6.45) is 4.34. The fraction of sp³-hybridized carbons (Fsp3) is 0.600. The van der Waals surface area contributed by atoms with Gasteiger partial charge in [0.15, 0.2) is 0 Å². The Bertz CT molecular complexity index is 502. The molecule has 1 aliphatic carbocycles. The van der Waals surface area contributed by atoms with Crippen molar-refractivity contribution in [2.75, 3.05) is 14.1 Å². The fourth-order valence-electron chi connectivity index (χ4n) is 3.06. The van der Waals surface area contributed by atoms with Crippen LogP contribution in [0.25, 0.3) is 0 Å². The van der Waals surface area contributed by atoms with E-state index in [4.69, 9.17) is 0 Å². The van der Waals surface area contributed by atoms with Crippen LogP contribution in [0.1, 0.15) is 31.2 Å². The molecule has 0 saturated heterocycles. The maximum atomic E-state index is 13.4. The number of hydrogen-bond donors (Lipinski definition) is 1. The number of benzene rings is 1. The first-order chi connectivity index (χ1) is 10.0. The summed E-state index contributed by atoms with van der Waals surface area (Å²) in [7, 11) is 3.93. The molecular weight excluding hydrogens is 273 g/mol. The number of rotatable bonds is 5. The summed E-state index contributed by atoms with van der Waals surface area (Å²) in [5, 5.41) is 14.3. The SMILES string of the molecule is CNC1CCC(N(C)Cc2cc(F)ccc2[N+](=O)[O-])CC1. The van der Waals surface area contributed by atoms with Crippen molar-refractivity contribution in [1.29, 1.82) is 0 Å². The first-order valence-corrected chi connectivity index (χ1v) is 7.31. The van der Waals surface area contributed by atoms with Gasteiger partial charge in [-0.2, -0.15) is 0 Å². The highest BCUT2D eigenvalue weighted by Crippen LogP contribution is 2.26. The average Bonchev–Trinajstić information content (AvgIpc) is 2.47.